The number of esters is 1. The Morgan fingerprint density at radius 2 is 0.830 bits per heavy atom. The lowest BCUT2D eigenvalue weighted by atomic mass is 10.1. The van der Waals surface area contributed by atoms with Crippen LogP contribution < -0.4 is 21.9 Å². The maximum atomic E-state index is 13.0. The Hall–Kier alpha value is -17.1. The SMILES string of the molecule is COc1ccc(/C(=C\n2cnc(-c3cc(C)cc(C(F)(F)F)c3)n2)C(N)=O)cn1.Cc1cc(-c2ncn(/C=C(/C(=O)O)c3ccoc3)n2)cc(C(F)(F)F)c1.Cc1cc(C)cc(-c2ncn(/C=C(/C(=O)OC(C)C)c3nccs3)n2)c1.Cc1cc(C)cc(-c2ncn(/C=C(/C(N)=O)c3ccnc(C(F)(F)F)c3)n2)c1.Cc1cc(C)cc(-c2ncn(/C=C(/C(N)=O)c3cncc(C#N)c3)n2)c1. The van der Waals surface area contributed by atoms with Crippen molar-refractivity contribution in [1.29, 1.82) is 5.26 Å². The highest BCUT2D eigenvalue weighted by Gasteiger charge is 2.35. The maximum Gasteiger partial charge on any atom is 0.433 e. The van der Waals surface area contributed by atoms with Gasteiger partial charge in [-0.15, -0.1) is 36.8 Å². The number of alkyl halides is 9. The zero-order valence-corrected chi connectivity index (χ0v) is 74.1. The van der Waals surface area contributed by atoms with E-state index in [2.05, 4.69) is 82.5 Å². The molecule has 10 heterocycles. The third-order valence-corrected chi connectivity index (χ3v) is 19.3. The second-order valence-corrected chi connectivity index (χ2v) is 30.9. The van der Waals surface area contributed by atoms with Gasteiger partial charge in [-0.3, -0.25) is 24.4 Å². The minimum Gasteiger partial charge on any atom is -0.481 e. The molecule has 15 aromatic rings. The second-order valence-electron chi connectivity index (χ2n) is 30.0. The number of ether oxygens (including phenoxy) is 2. The molecule has 0 aliphatic heterocycles. The molecule has 42 heteroatoms. The van der Waals surface area contributed by atoms with Gasteiger partial charge in [0, 0.05) is 118 Å². The minimum atomic E-state index is -4.64. The van der Waals surface area contributed by atoms with E-state index >= 15 is 0 Å². The van der Waals surface area contributed by atoms with Gasteiger partial charge in [0.2, 0.25) is 5.88 Å². The highest BCUT2D eigenvalue weighted by Crippen LogP contribution is 2.36. The summed E-state index contributed by atoms with van der Waals surface area (Å²) in [5.41, 5.74) is 25.9. The molecule has 0 saturated carbocycles. The predicted octanol–water partition coefficient (Wildman–Crippen LogP) is 16.8. The summed E-state index contributed by atoms with van der Waals surface area (Å²) in [6.07, 6.45) is 9.40. The summed E-state index contributed by atoms with van der Waals surface area (Å²) in [6.45, 7) is 18.7. The number of furan rings is 1. The molecule has 0 bridgehead atoms. The van der Waals surface area contributed by atoms with Gasteiger partial charge in [-0.2, -0.15) is 44.8 Å². The molecule has 32 nitrogen and oxygen atoms in total. The lowest BCUT2D eigenvalue weighted by Crippen LogP contribution is -2.15. The first-order valence-corrected chi connectivity index (χ1v) is 40.8. The number of carbonyl (C=O) groups excluding carboxylic acids is 4. The number of aliphatic carboxylic acids is 1. The molecular weight excluding hydrogens is 1790 g/mol. The third kappa shape index (κ3) is 27.3. The van der Waals surface area contributed by atoms with Crippen molar-refractivity contribution in [3.63, 3.8) is 0 Å². The van der Waals surface area contributed by atoms with Gasteiger partial charge in [0.05, 0.1) is 64.7 Å². The Morgan fingerprint density at radius 3 is 1.17 bits per heavy atom. The van der Waals surface area contributed by atoms with Crippen molar-refractivity contribution in [1.82, 2.24) is 93.8 Å². The number of thiazole rings is 1. The quantitative estimate of drug-likeness (QED) is 0.0278. The average Bonchev–Trinajstić information content (AvgIpc) is 1.73. The molecule has 135 heavy (non-hydrogen) atoms. The zero-order chi connectivity index (χ0) is 97.9. The molecular formula is C93H80F9N23O9S. The number of aryl methyl sites for hydroxylation is 8. The van der Waals surface area contributed by atoms with E-state index in [1.807, 2.05) is 109 Å². The molecule has 0 fully saturated rings. The number of nitrogens with zero attached hydrogens (tertiary/aromatic N) is 20. The Bertz CT molecular complexity index is 6990. The number of nitriles is 1. The molecule has 0 radical (unpaired) electrons. The van der Waals surface area contributed by atoms with Gasteiger partial charge in [0.15, 0.2) is 29.1 Å². The summed E-state index contributed by atoms with van der Waals surface area (Å²) in [5, 5.41) is 42.0. The fourth-order valence-corrected chi connectivity index (χ4v) is 13.5. The number of rotatable bonds is 22. The number of methoxy groups -OCH3 is 1. The van der Waals surface area contributed by atoms with Crippen LogP contribution in [-0.4, -0.2) is 142 Å². The van der Waals surface area contributed by atoms with Crippen molar-refractivity contribution in [3.8, 4) is 68.9 Å². The van der Waals surface area contributed by atoms with E-state index in [4.69, 9.17) is 36.4 Å². The monoisotopic (exact) mass is 1870 g/mol. The Labute approximate surface area is 766 Å². The van der Waals surface area contributed by atoms with Gasteiger partial charge >= 0.3 is 30.5 Å². The van der Waals surface area contributed by atoms with Crippen molar-refractivity contribution < 1.29 is 82.5 Å². The molecule has 0 atom stereocenters. The molecule has 10 aromatic heterocycles. The lowest BCUT2D eigenvalue weighted by Gasteiger charge is -2.09. The fourth-order valence-electron chi connectivity index (χ4n) is 12.9. The van der Waals surface area contributed by atoms with E-state index in [-0.39, 0.29) is 56.7 Å². The standard InChI is InChI=1S/C19H16F3N5O2.C19H16F3N5O.C19H16N6O.C19H20N4O2S.C17H12F3N3O3/c1-11-5-13(7-14(6-11)19(20,21)22)18-25-10-27(26-18)9-15(17(23)28)12-3-4-16(29-2)24-8-12;1-11-5-12(2)7-14(6-11)18-25-10-27(26-18)9-15(17(23)28)13-3-4-24-16(8-13)19(20,21)22;1-12-3-13(2)5-15(4-12)19-23-11-25(24-19)10-17(18(21)26)16-6-14(7-20)8-22-9-16;1-12(2)25-19(24)16(18-20-5-6-26-18)10-23-11-21-17(22-23)15-8-13(3)7-14(4)9-15;1-10-4-12(6-13(5-10)17(18,19)20)15-21-9-23(22-15)7-14(16(24)25)11-2-3-26-8-11/h3-10H,1-2H3,(H2,23,28);3-10H,1-2H3,(H2,23,28);3-6,8-11H,1-2H3,(H2,21,26);5-12H,1-4H3;2-9H,1H3,(H,24,25)/b2*15-9+;17-10+;16-10+;14-7+. The molecule has 690 valence electrons. The number of hydrogen-bond acceptors (Lipinski definition) is 24. The van der Waals surface area contributed by atoms with Gasteiger partial charge < -0.3 is 36.2 Å². The number of amides is 3. The van der Waals surface area contributed by atoms with Crippen LogP contribution in [0.1, 0.15) is 108 Å². The van der Waals surface area contributed by atoms with Crippen LogP contribution in [0.15, 0.2) is 212 Å². The largest absolute Gasteiger partial charge is 0.481 e. The highest BCUT2D eigenvalue weighted by molar-refractivity contribution is 7.11. The summed E-state index contributed by atoms with van der Waals surface area (Å²) >= 11 is 1.37. The minimum absolute atomic E-state index is 0.0155. The van der Waals surface area contributed by atoms with E-state index in [1.54, 1.807) is 49.9 Å². The molecule has 0 aliphatic carbocycles. The maximum absolute atomic E-state index is 13.0. The molecule has 3 amide bonds. The predicted molar refractivity (Wildman–Crippen MR) is 482 cm³/mol. The molecule has 15 rings (SSSR count). The van der Waals surface area contributed by atoms with Crippen molar-refractivity contribution in [2.45, 2.75) is 93.9 Å². The highest BCUT2D eigenvalue weighted by atomic mass is 32.1. The van der Waals surface area contributed by atoms with Crippen molar-refractivity contribution in [3.05, 3.63) is 302 Å². The molecule has 5 aromatic carbocycles. The summed E-state index contributed by atoms with van der Waals surface area (Å²) in [5.74, 6) is -1.88. The number of pyridine rings is 3. The first-order chi connectivity index (χ1) is 63.9. The van der Waals surface area contributed by atoms with E-state index in [9.17, 15) is 68.6 Å². The van der Waals surface area contributed by atoms with Gasteiger partial charge in [-0.05, 0) is 189 Å². The Morgan fingerprint density at radius 1 is 0.437 bits per heavy atom. The number of nitrogens with two attached hydrogens (primary N) is 3. The normalized spacial score (nSPS) is 12.0. The fraction of sp³-hybridized carbons (Fsp3) is 0.161. The van der Waals surface area contributed by atoms with Gasteiger partial charge in [-0.1, -0.05) is 51.6 Å². The summed E-state index contributed by atoms with van der Waals surface area (Å²) in [6, 6.07) is 35.3. The van der Waals surface area contributed by atoms with Crippen LogP contribution in [0.4, 0.5) is 39.5 Å². The second kappa shape index (κ2) is 43.1. The number of hydrogen-bond donors (Lipinski definition) is 4. The molecule has 0 aliphatic rings. The number of benzene rings is 5. The van der Waals surface area contributed by atoms with Crippen LogP contribution in [-0.2, 0) is 47.2 Å². The topological polar surface area (TPSA) is 444 Å². The van der Waals surface area contributed by atoms with Crippen molar-refractivity contribution in [2.24, 2.45) is 17.2 Å². The van der Waals surface area contributed by atoms with E-state index < -0.39 is 65.0 Å². The smallest absolute Gasteiger partial charge is 0.433 e. The average molecular weight is 1870 g/mol. The number of halogens is 9. The Kier molecular flexibility index (Phi) is 31.4. The summed E-state index contributed by atoms with van der Waals surface area (Å²) in [7, 11) is 1.46. The van der Waals surface area contributed by atoms with Crippen LogP contribution in [0.25, 0.3) is 116 Å². The van der Waals surface area contributed by atoms with E-state index in [0.717, 1.165) is 91.3 Å². The number of carboxylic acid groups (broad SMARTS) is 1. The van der Waals surface area contributed by atoms with Crippen molar-refractivity contribution >= 4 is 99.9 Å². The number of aromatic nitrogens is 19. The molecule has 0 saturated heterocycles. The van der Waals surface area contributed by atoms with Crippen LogP contribution >= 0.6 is 11.3 Å². The molecule has 0 unspecified atom stereocenters. The van der Waals surface area contributed by atoms with Gasteiger partial charge in [0.1, 0.15) is 54.0 Å². The molecule has 0 spiro atoms. The van der Waals surface area contributed by atoms with Crippen molar-refractivity contribution in [2.75, 3.05) is 7.11 Å². The number of primary amides is 3. The third-order valence-electron chi connectivity index (χ3n) is 18.5. The number of carbonyl (C=O) groups is 5. The van der Waals surface area contributed by atoms with Crippen LogP contribution in [0.5, 0.6) is 5.88 Å². The van der Waals surface area contributed by atoms with Gasteiger partial charge in [0.25, 0.3) is 17.7 Å². The van der Waals surface area contributed by atoms with Gasteiger partial charge in [-0.25, -0.2) is 67.9 Å². The van der Waals surface area contributed by atoms with Crippen LogP contribution in [0.2, 0.25) is 0 Å². The lowest BCUT2D eigenvalue weighted by molar-refractivity contribution is -0.141. The zero-order valence-electron chi connectivity index (χ0n) is 73.3. The number of carboxylic acids is 1. The van der Waals surface area contributed by atoms with Crippen LogP contribution in [0, 0.1) is 66.7 Å². The first kappa shape index (κ1) is 98.5. The molecule has 7 N–H and O–H groups in total. The summed E-state index contributed by atoms with van der Waals surface area (Å²) in [4.78, 5) is 95.7. The Balaban J connectivity index is 0.000000162. The van der Waals surface area contributed by atoms with E-state index in [1.165, 1.54) is 144 Å². The van der Waals surface area contributed by atoms with E-state index in [0.29, 0.717) is 67.3 Å². The first-order valence-electron chi connectivity index (χ1n) is 39.9. The van der Waals surface area contributed by atoms with Crippen LogP contribution in [0.3, 0.4) is 0 Å². The summed E-state index contributed by atoms with van der Waals surface area (Å²) < 4.78 is 138.